The number of benzene rings is 2. The molecular weight excluding hydrogens is 410 g/mol. The van der Waals surface area contributed by atoms with Crippen molar-refractivity contribution in [2.45, 2.75) is 17.2 Å². The molecule has 0 aliphatic heterocycles. The minimum Gasteiger partial charge on any atom is -0.379 e. The molecule has 0 N–H and O–H groups in total. The Kier molecular flexibility index (Phi) is 6.09. The first kappa shape index (κ1) is 20.4. The molecule has 2 atom stereocenters. The van der Waals surface area contributed by atoms with Crippen molar-refractivity contribution in [1.29, 1.82) is 0 Å². The molecule has 2 aromatic rings. The average molecular weight is 418 g/mol. The van der Waals surface area contributed by atoms with E-state index in [9.17, 15) is 34.8 Å². The van der Waals surface area contributed by atoms with Crippen LogP contribution in [0, 0.1) is 0 Å². The number of hydrogen-bond acceptors (Lipinski definition) is 4. The number of halogens is 6. The molecular formula is C14H8F6O4S2. The van der Waals surface area contributed by atoms with Crippen molar-refractivity contribution in [2.24, 2.45) is 0 Å². The van der Waals surface area contributed by atoms with E-state index in [0.29, 0.717) is 24.3 Å². The van der Waals surface area contributed by atoms with Crippen LogP contribution in [0.1, 0.15) is 11.1 Å². The van der Waals surface area contributed by atoms with Gasteiger partial charge in [0, 0.05) is 0 Å². The van der Waals surface area contributed by atoms with Gasteiger partial charge < -0.3 is 4.18 Å². The van der Waals surface area contributed by atoms with Crippen LogP contribution >= 0.6 is 0 Å². The van der Waals surface area contributed by atoms with Crippen LogP contribution in [0.5, 0.6) is 5.75 Å². The lowest BCUT2D eigenvalue weighted by Crippen LogP contribution is -2.09. The standard InChI is InChI=1S/C14H8F6O4S2/c15-13(16,17)9-1-5-11(6-2-9)23-26(22)24-25(21)12-7-3-10(4-8-12)14(18,19)20/h1-8H. The van der Waals surface area contributed by atoms with E-state index in [4.69, 9.17) is 0 Å². The maximum absolute atomic E-state index is 12.4. The molecule has 0 heterocycles. The SMILES string of the molecule is O=S(Oc1ccc(C(F)(F)F)cc1)OS(=O)c1ccc(C(F)(F)F)cc1. The largest absolute Gasteiger partial charge is 0.416 e. The van der Waals surface area contributed by atoms with Gasteiger partial charge in [-0.2, -0.15) is 34.2 Å². The van der Waals surface area contributed by atoms with E-state index in [2.05, 4.69) is 7.81 Å². The minimum atomic E-state index is -4.57. The van der Waals surface area contributed by atoms with Crippen LogP contribution in [0.4, 0.5) is 26.3 Å². The maximum atomic E-state index is 12.4. The van der Waals surface area contributed by atoms with Gasteiger partial charge >= 0.3 is 23.7 Å². The number of alkyl halides is 6. The van der Waals surface area contributed by atoms with E-state index in [-0.39, 0.29) is 10.6 Å². The van der Waals surface area contributed by atoms with Crippen molar-refractivity contribution < 1.29 is 42.6 Å². The molecule has 142 valence electrons. The monoisotopic (exact) mass is 418 g/mol. The Morgan fingerprint density at radius 2 is 1.12 bits per heavy atom. The normalized spacial score (nSPS) is 14.7. The zero-order chi connectivity index (χ0) is 19.5. The first-order valence-electron chi connectivity index (χ1n) is 6.52. The van der Waals surface area contributed by atoms with E-state index in [1.807, 2.05) is 0 Å². The lowest BCUT2D eigenvalue weighted by molar-refractivity contribution is -0.138. The zero-order valence-corrected chi connectivity index (χ0v) is 14.0. The second-order valence-corrected chi connectivity index (χ2v) is 6.69. The molecule has 0 fully saturated rings. The third-order valence-electron chi connectivity index (χ3n) is 2.84. The van der Waals surface area contributed by atoms with Crippen molar-refractivity contribution in [3.05, 3.63) is 59.7 Å². The summed E-state index contributed by atoms with van der Waals surface area (Å²) in [6, 6.07) is 6.18. The summed E-state index contributed by atoms with van der Waals surface area (Å²) in [5, 5.41) is 0. The van der Waals surface area contributed by atoms with Crippen LogP contribution in [0.15, 0.2) is 53.4 Å². The Hall–Kier alpha value is -1.92. The summed E-state index contributed by atoms with van der Waals surface area (Å²) in [5.41, 5.74) is -1.93. The molecule has 0 spiro atoms. The van der Waals surface area contributed by atoms with E-state index in [1.54, 1.807) is 0 Å². The van der Waals surface area contributed by atoms with Crippen molar-refractivity contribution in [2.75, 3.05) is 0 Å². The predicted molar refractivity (Wildman–Crippen MR) is 79.2 cm³/mol. The molecule has 0 amide bonds. The van der Waals surface area contributed by atoms with Crippen LogP contribution in [-0.4, -0.2) is 8.42 Å². The highest BCUT2D eigenvalue weighted by Gasteiger charge is 2.31. The van der Waals surface area contributed by atoms with Gasteiger partial charge in [-0.3, -0.25) is 0 Å². The molecule has 2 rings (SSSR count). The highest BCUT2D eigenvalue weighted by Crippen LogP contribution is 2.31. The molecule has 0 aliphatic carbocycles. The van der Waals surface area contributed by atoms with Crippen LogP contribution in [0.2, 0.25) is 0 Å². The zero-order valence-electron chi connectivity index (χ0n) is 12.3. The second kappa shape index (κ2) is 7.76. The van der Waals surface area contributed by atoms with Crippen molar-refractivity contribution >= 4 is 22.4 Å². The molecule has 0 saturated heterocycles. The molecule has 4 nitrogen and oxygen atoms in total. The summed E-state index contributed by atoms with van der Waals surface area (Å²) in [7, 11) is 0. The smallest absolute Gasteiger partial charge is 0.379 e. The number of rotatable bonds is 5. The number of hydrogen-bond donors (Lipinski definition) is 0. The first-order valence-corrected chi connectivity index (χ1v) is 8.59. The minimum absolute atomic E-state index is 0.206. The van der Waals surface area contributed by atoms with Gasteiger partial charge in [-0.25, -0.2) is 4.21 Å². The fourth-order valence-corrected chi connectivity index (χ4v) is 3.09. The lowest BCUT2D eigenvalue weighted by atomic mass is 10.2. The van der Waals surface area contributed by atoms with Crippen LogP contribution < -0.4 is 4.18 Å². The van der Waals surface area contributed by atoms with Crippen LogP contribution in [0.3, 0.4) is 0 Å². The summed E-state index contributed by atoms with van der Waals surface area (Å²) >= 11 is -5.07. The fraction of sp³-hybridized carbons (Fsp3) is 0.143. The third kappa shape index (κ3) is 5.54. The van der Waals surface area contributed by atoms with Gasteiger partial charge in [0.15, 0.2) is 0 Å². The van der Waals surface area contributed by atoms with Crippen LogP contribution in [-0.2, 0) is 38.4 Å². The average Bonchev–Trinajstić information content (AvgIpc) is 2.53. The van der Waals surface area contributed by atoms with Gasteiger partial charge in [0.1, 0.15) is 5.75 Å². The second-order valence-electron chi connectivity index (χ2n) is 4.63. The summed E-state index contributed by atoms with van der Waals surface area (Å²) in [6.45, 7) is 0. The molecule has 26 heavy (non-hydrogen) atoms. The Bertz CT molecular complexity index is 800. The molecule has 0 aromatic heterocycles. The van der Waals surface area contributed by atoms with Gasteiger partial charge in [0.2, 0.25) is 11.1 Å². The van der Waals surface area contributed by atoms with E-state index < -0.39 is 45.9 Å². The van der Waals surface area contributed by atoms with Gasteiger partial charge in [-0.15, -0.1) is 0 Å². The van der Waals surface area contributed by atoms with Crippen molar-refractivity contribution in [3.63, 3.8) is 0 Å². The molecule has 0 aliphatic rings. The molecule has 0 radical (unpaired) electrons. The van der Waals surface area contributed by atoms with E-state index >= 15 is 0 Å². The van der Waals surface area contributed by atoms with Gasteiger partial charge in [-0.05, 0) is 48.5 Å². The van der Waals surface area contributed by atoms with Gasteiger partial charge in [-0.1, -0.05) is 0 Å². The summed E-state index contributed by atoms with van der Waals surface area (Å²) in [4.78, 5) is -0.206. The lowest BCUT2D eigenvalue weighted by Gasteiger charge is -2.08. The fourth-order valence-electron chi connectivity index (χ4n) is 1.64. The highest BCUT2D eigenvalue weighted by atomic mass is 32.3. The first-order chi connectivity index (χ1) is 12.0. The molecule has 2 unspecified atom stereocenters. The summed E-state index contributed by atoms with van der Waals surface area (Å²) in [5.74, 6) is -0.249. The van der Waals surface area contributed by atoms with Crippen LogP contribution in [0.25, 0.3) is 0 Å². The van der Waals surface area contributed by atoms with Gasteiger partial charge in [0.25, 0.3) is 0 Å². The predicted octanol–water partition coefficient (Wildman–Crippen LogP) is 4.42. The molecule has 12 heteroatoms. The maximum Gasteiger partial charge on any atom is 0.416 e. The van der Waals surface area contributed by atoms with E-state index in [1.165, 1.54) is 0 Å². The van der Waals surface area contributed by atoms with Crippen molar-refractivity contribution in [3.8, 4) is 5.75 Å². The molecule has 0 saturated carbocycles. The van der Waals surface area contributed by atoms with Gasteiger partial charge in [0.05, 0.1) is 16.0 Å². The third-order valence-corrected chi connectivity index (χ3v) is 4.76. The highest BCUT2D eigenvalue weighted by molar-refractivity contribution is 7.91. The van der Waals surface area contributed by atoms with E-state index in [0.717, 1.165) is 24.3 Å². The Morgan fingerprint density at radius 1 is 0.692 bits per heavy atom. The Morgan fingerprint density at radius 3 is 1.54 bits per heavy atom. The summed E-state index contributed by atoms with van der Waals surface area (Å²) < 4.78 is 107. The van der Waals surface area contributed by atoms with Crippen molar-refractivity contribution in [1.82, 2.24) is 0 Å². The molecule has 2 aromatic carbocycles. The summed E-state index contributed by atoms with van der Waals surface area (Å²) in [6.07, 6.45) is -9.13. The Balaban J connectivity index is 1.98. The Labute approximate surface area is 148 Å². The quantitative estimate of drug-likeness (QED) is 0.675. The molecule has 0 bridgehead atoms. The topological polar surface area (TPSA) is 52.6 Å².